The van der Waals surface area contributed by atoms with Gasteiger partial charge in [-0.1, -0.05) is 35.3 Å². The topological polar surface area (TPSA) is 130 Å². The molecular formula is C13H8Cl2N2O7S. The lowest BCUT2D eigenvalue weighted by molar-refractivity contribution is -0.387. The molecule has 0 aliphatic carbocycles. The van der Waals surface area contributed by atoms with E-state index in [9.17, 15) is 28.6 Å². The Balaban J connectivity index is 2.54. The van der Waals surface area contributed by atoms with E-state index in [-0.39, 0.29) is 11.5 Å². The van der Waals surface area contributed by atoms with Crippen LogP contribution >= 0.6 is 23.2 Å². The molecule has 0 unspecified atom stereocenters. The van der Waals surface area contributed by atoms with Crippen LogP contribution < -0.4 is 4.74 Å². The van der Waals surface area contributed by atoms with E-state index >= 15 is 0 Å². The van der Waals surface area contributed by atoms with Gasteiger partial charge in [-0.2, -0.15) is 0 Å². The molecule has 0 spiro atoms. The zero-order valence-electron chi connectivity index (χ0n) is 12.0. The molecule has 0 aliphatic heterocycles. The molecule has 9 nitrogen and oxygen atoms in total. The maximum atomic E-state index is 11.9. The molecule has 0 saturated heterocycles. The van der Waals surface area contributed by atoms with Crippen LogP contribution in [0.2, 0.25) is 0 Å². The summed E-state index contributed by atoms with van der Waals surface area (Å²) >= 11 is 10.7. The monoisotopic (exact) mass is 406 g/mol. The van der Waals surface area contributed by atoms with Crippen LogP contribution in [0.1, 0.15) is 0 Å². The minimum absolute atomic E-state index is 0.237. The lowest BCUT2D eigenvalue weighted by Gasteiger charge is -2.09. The molecule has 25 heavy (non-hydrogen) atoms. The van der Waals surface area contributed by atoms with E-state index in [4.69, 9.17) is 27.9 Å². The molecular weight excluding hydrogens is 399 g/mol. The van der Waals surface area contributed by atoms with E-state index in [1.54, 1.807) is 0 Å². The average Bonchev–Trinajstić information content (AvgIpc) is 2.55. The number of alkyl halides is 2. The number of sulfone groups is 1. The second-order valence-electron chi connectivity index (χ2n) is 4.52. The fourth-order valence-electron chi connectivity index (χ4n) is 1.82. The normalized spacial score (nSPS) is 11.3. The van der Waals surface area contributed by atoms with E-state index in [1.165, 1.54) is 18.2 Å². The molecule has 0 fully saturated rings. The zero-order chi connectivity index (χ0) is 18.8. The standard InChI is InChI=1S/C13H8Cl2N2O7S/c14-13(15)25(22,23)8-5-6-12(10(7-8)17(20)21)24-11-4-2-1-3-9(11)16(18)19/h1-7,13H. The molecule has 0 saturated carbocycles. The summed E-state index contributed by atoms with van der Waals surface area (Å²) in [6.07, 6.45) is 0. The van der Waals surface area contributed by atoms with Gasteiger partial charge in [0, 0.05) is 12.1 Å². The highest BCUT2D eigenvalue weighted by molar-refractivity contribution is 7.94. The maximum absolute atomic E-state index is 11.9. The first-order chi connectivity index (χ1) is 11.6. The van der Waals surface area contributed by atoms with Gasteiger partial charge in [0.1, 0.15) is 0 Å². The van der Waals surface area contributed by atoms with E-state index in [0.29, 0.717) is 0 Å². The summed E-state index contributed by atoms with van der Waals surface area (Å²) in [5.41, 5.74) is -1.12. The van der Waals surface area contributed by atoms with Gasteiger partial charge in [0.25, 0.3) is 0 Å². The molecule has 2 aromatic carbocycles. The minimum atomic E-state index is -4.18. The van der Waals surface area contributed by atoms with Crippen LogP contribution in [0.15, 0.2) is 47.4 Å². The van der Waals surface area contributed by atoms with Gasteiger partial charge in [-0.05, 0) is 18.2 Å². The first-order valence-electron chi connectivity index (χ1n) is 6.36. The van der Waals surface area contributed by atoms with Crippen LogP contribution in [0, 0.1) is 20.2 Å². The van der Waals surface area contributed by atoms with Crippen molar-refractivity contribution in [3.63, 3.8) is 0 Å². The predicted molar refractivity (Wildman–Crippen MR) is 88.9 cm³/mol. The van der Waals surface area contributed by atoms with Gasteiger partial charge < -0.3 is 4.74 Å². The highest BCUT2D eigenvalue weighted by Crippen LogP contribution is 2.37. The second kappa shape index (κ2) is 7.21. The molecule has 0 heterocycles. The Kier molecular flexibility index (Phi) is 5.45. The predicted octanol–water partition coefficient (Wildman–Crippen LogP) is 3.83. The Morgan fingerprint density at radius 3 is 2.04 bits per heavy atom. The maximum Gasteiger partial charge on any atom is 0.312 e. The van der Waals surface area contributed by atoms with Gasteiger partial charge in [-0.15, -0.1) is 0 Å². The van der Waals surface area contributed by atoms with Gasteiger partial charge in [0.15, 0.2) is 0 Å². The summed E-state index contributed by atoms with van der Waals surface area (Å²) in [5.74, 6) is -0.613. The minimum Gasteiger partial charge on any atom is -0.443 e. The Hall–Kier alpha value is -2.43. The van der Waals surface area contributed by atoms with Gasteiger partial charge in [0.2, 0.25) is 25.5 Å². The summed E-state index contributed by atoms with van der Waals surface area (Å²) in [7, 11) is -4.18. The molecule has 0 amide bonds. The summed E-state index contributed by atoms with van der Waals surface area (Å²) in [6.45, 7) is 0. The number of rotatable bonds is 6. The molecule has 2 aromatic rings. The number of halogens is 2. The van der Waals surface area contributed by atoms with Crippen molar-refractivity contribution >= 4 is 44.4 Å². The molecule has 2 rings (SSSR count). The molecule has 0 bridgehead atoms. The number of nitro groups is 2. The fraction of sp³-hybridized carbons (Fsp3) is 0.0769. The molecule has 0 radical (unpaired) electrons. The van der Waals surface area contributed by atoms with E-state index < -0.39 is 40.1 Å². The summed E-state index contributed by atoms with van der Waals surface area (Å²) in [4.78, 5) is 20.1. The molecule has 0 atom stereocenters. The van der Waals surface area contributed by atoms with Crippen LogP contribution in [-0.2, 0) is 9.84 Å². The van der Waals surface area contributed by atoms with E-state index in [1.807, 2.05) is 0 Å². The summed E-state index contributed by atoms with van der Waals surface area (Å²) in [5, 5.41) is 22.2. The van der Waals surface area contributed by atoms with Crippen LogP contribution in [-0.4, -0.2) is 22.4 Å². The Labute approximate surface area is 151 Å². The van der Waals surface area contributed by atoms with Crippen molar-refractivity contribution in [3.8, 4) is 11.5 Å². The number of hydrogen-bond donors (Lipinski definition) is 0. The fourth-order valence-corrected chi connectivity index (χ4v) is 3.18. The highest BCUT2D eigenvalue weighted by Gasteiger charge is 2.28. The summed E-state index contributed by atoms with van der Waals surface area (Å²) < 4.78 is 27.2. The van der Waals surface area contributed by atoms with Crippen molar-refractivity contribution in [1.82, 2.24) is 0 Å². The SMILES string of the molecule is O=[N+]([O-])c1ccccc1Oc1ccc(S(=O)(=O)C(Cl)Cl)cc1[N+](=O)[O-]. The lowest BCUT2D eigenvalue weighted by Crippen LogP contribution is -2.10. The second-order valence-corrected chi connectivity index (χ2v) is 8.17. The Morgan fingerprint density at radius 2 is 1.48 bits per heavy atom. The molecule has 0 N–H and O–H groups in total. The number of benzene rings is 2. The third-order valence-electron chi connectivity index (χ3n) is 2.97. The molecule has 12 heteroatoms. The van der Waals surface area contributed by atoms with Crippen LogP contribution in [0.5, 0.6) is 11.5 Å². The van der Waals surface area contributed by atoms with Gasteiger partial charge in [0.05, 0.1) is 14.7 Å². The zero-order valence-corrected chi connectivity index (χ0v) is 14.4. The quantitative estimate of drug-likeness (QED) is 0.404. The molecule has 0 aromatic heterocycles. The highest BCUT2D eigenvalue weighted by atomic mass is 35.5. The Morgan fingerprint density at radius 1 is 0.920 bits per heavy atom. The van der Waals surface area contributed by atoms with Crippen molar-refractivity contribution in [2.45, 2.75) is 9.06 Å². The number of ether oxygens (including phenoxy) is 1. The first-order valence-corrected chi connectivity index (χ1v) is 8.78. The average molecular weight is 407 g/mol. The molecule has 132 valence electrons. The van der Waals surface area contributed by atoms with Crippen LogP contribution in [0.25, 0.3) is 0 Å². The van der Waals surface area contributed by atoms with Crippen molar-refractivity contribution in [1.29, 1.82) is 0 Å². The number of para-hydroxylation sites is 2. The van der Waals surface area contributed by atoms with Crippen LogP contribution in [0.4, 0.5) is 11.4 Å². The third-order valence-corrected chi connectivity index (χ3v) is 5.76. The van der Waals surface area contributed by atoms with Gasteiger partial charge in [-0.3, -0.25) is 20.2 Å². The van der Waals surface area contributed by atoms with Crippen LogP contribution in [0.3, 0.4) is 0 Å². The molecule has 0 aliphatic rings. The van der Waals surface area contributed by atoms with Gasteiger partial charge in [-0.25, -0.2) is 8.42 Å². The van der Waals surface area contributed by atoms with Crippen molar-refractivity contribution in [2.75, 3.05) is 0 Å². The number of nitro benzene ring substituents is 2. The van der Waals surface area contributed by atoms with E-state index in [2.05, 4.69) is 0 Å². The smallest absolute Gasteiger partial charge is 0.312 e. The van der Waals surface area contributed by atoms with Gasteiger partial charge >= 0.3 is 11.4 Å². The number of hydrogen-bond acceptors (Lipinski definition) is 7. The lowest BCUT2D eigenvalue weighted by atomic mass is 10.2. The largest absolute Gasteiger partial charge is 0.443 e. The van der Waals surface area contributed by atoms with Crippen molar-refractivity contribution in [2.24, 2.45) is 0 Å². The first kappa shape index (κ1) is 18.9. The third kappa shape index (κ3) is 3.98. The van der Waals surface area contributed by atoms with E-state index in [0.717, 1.165) is 24.3 Å². The van der Waals surface area contributed by atoms with Crippen molar-refractivity contribution in [3.05, 3.63) is 62.7 Å². The van der Waals surface area contributed by atoms with Crippen molar-refractivity contribution < 1.29 is 23.0 Å². The summed E-state index contributed by atoms with van der Waals surface area (Å²) in [6, 6.07) is 7.97. The Bertz CT molecular complexity index is 947. The number of nitrogens with zero attached hydrogens (tertiary/aromatic N) is 2.